The minimum atomic E-state index is -0.988. The molecule has 5 amide bonds. The number of nitrogens with zero attached hydrogens (tertiary/aromatic N) is 7. The van der Waals surface area contributed by atoms with Gasteiger partial charge in [-0.05, 0) is 95.3 Å². The van der Waals surface area contributed by atoms with Crippen molar-refractivity contribution in [3.63, 3.8) is 0 Å². The first-order valence-corrected chi connectivity index (χ1v) is 22.7. The van der Waals surface area contributed by atoms with Gasteiger partial charge >= 0.3 is 0 Å². The van der Waals surface area contributed by atoms with Gasteiger partial charge in [0.05, 0.1) is 35.0 Å². The van der Waals surface area contributed by atoms with Crippen molar-refractivity contribution >= 4 is 75.2 Å². The second-order valence-corrected chi connectivity index (χ2v) is 18.2. The Balaban J connectivity index is 0.756. The van der Waals surface area contributed by atoms with E-state index >= 15 is 0 Å². The van der Waals surface area contributed by atoms with Crippen LogP contribution in [0.1, 0.15) is 86.1 Å². The molecule has 4 fully saturated rings. The minimum absolute atomic E-state index is 0.0816. The number of hydrogen-bond acceptors (Lipinski definition) is 14. The summed E-state index contributed by atoms with van der Waals surface area (Å²) < 4.78 is 13.9. The molecule has 2 aromatic heterocycles. The molecule has 2 atom stereocenters. The van der Waals surface area contributed by atoms with E-state index in [2.05, 4.69) is 42.6 Å². The fraction of sp³-hybridized carbons (Fsp3) is 0.478. The van der Waals surface area contributed by atoms with Gasteiger partial charge in [0, 0.05) is 81.1 Å². The molecular formula is C46H53ClN10O8. The van der Waals surface area contributed by atoms with E-state index in [0.717, 1.165) is 79.9 Å². The molecule has 18 nitrogen and oxygen atoms in total. The Morgan fingerprint density at radius 3 is 2.42 bits per heavy atom. The van der Waals surface area contributed by atoms with Gasteiger partial charge in [0.15, 0.2) is 18.2 Å². The SMILES string of the molecule is CNC(=O)COc1cc2cc(Nc3nc(N4CCC(OC5CC(N6CCN(c7ccc8c(c7)C(=O)N([C@H]7CCC(=O)NC7=O)C8=O)C[C@@H]6C)C5)CC4)ncc3Cl)ccc2n(C(C)C)c1=O. The topological polar surface area (TPSA) is 201 Å². The Hall–Kier alpha value is -6.11. The molecule has 19 heteroatoms. The molecule has 4 aromatic rings. The summed E-state index contributed by atoms with van der Waals surface area (Å²) in [5.41, 5.74) is 2.56. The van der Waals surface area contributed by atoms with Crippen molar-refractivity contribution in [1.82, 2.24) is 35.0 Å². The summed E-state index contributed by atoms with van der Waals surface area (Å²) in [5.74, 6) is -1.24. The Bertz CT molecular complexity index is 2630. The third-order valence-electron chi connectivity index (χ3n) is 13.3. The van der Waals surface area contributed by atoms with E-state index in [9.17, 15) is 28.8 Å². The van der Waals surface area contributed by atoms with E-state index in [4.69, 9.17) is 26.1 Å². The number of pyridine rings is 1. The Morgan fingerprint density at radius 2 is 1.69 bits per heavy atom. The largest absolute Gasteiger partial charge is 0.478 e. The maximum Gasteiger partial charge on any atom is 0.293 e. The number of carbonyl (C=O) groups is 5. The number of aromatic nitrogens is 3. The van der Waals surface area contributed by atoms with Gasteiger partial charge in [0.2, 0.25) is 17.8 Å². The molecule has 3 saturated heterocycles. The number of carbonyl (C=O) groups excluding carboxylic acids is 5. The normalized spacial score (nSPS) is 22.9. The summed E-state index contributed by atoms with van der Waals surface area (Å²) in [4.78, 5) is 93.2. The summed E-state index contributed by atoms with van der Waals surface area (Å²) in [5, 5.41) is 9.18. The molecule has 4 aliphatic heterocycles. The number of anilines is 4. The second-order valence-electron chi connectivity index (χ2n) is 17.8. The van der Waals surface area contributed by atoms with Crippen molar-refractivity contribution in [3.8, 4) is 5.75 Å². The molecule has 0 spiro atoms. The number of likely N-dealkylation sites (N-methyl/N-ethyl adjacent to an activating group) is 1. The minimum Gasteiger partial charge on any atom is -0.478 e. The zero-order valence-corrected chi connectivity index (χ0v) is 37.6. The number of imide groups is 2. The number of halogens is 1. The highest BCUT2D eigenvalue weighted by Crippen LogP contribution is 2.36. The van der Waals surface area contributed by atoms with Gasteiger partial charge in [-0.1, -0.05) is 11.6 Å². The highest BCUT2D eigenvalue weighted by atomic mass is 35.5. The van der Waals surface area contributed by atoms with Gasteiger partial charge in [-0.15, -0.1) is 0 Å². The highest BCUT2D eigenvalue weighted by Gasteiger charge is 2.45. The lowest BCUT2D eigenvalue weighted by Gasteiger charge is -2.50. The molecule has 65 heavy (non-hydrogen) atoms. The van der Waals surface area contributed by atoms with E-state index in [1.807, 2.05) is 38.1 Å². The average Bonchev–Trinajstić information content (AvgIpc) is 3.52. The number of amides is 5. The highest BCUT2D eigenvalue weighted by molar-refractivity contribution is 6.33. The molecule has 1 saturated carbocycles. The lowest BCUT2D eigenvalue weighted by atomic mass is 9.86. The lowest BCUT2D eigenvalue weighted by Crippen LogP contribution is -2.60. The summed E-state index contributed by atoms with van der Waals surface area (Å²) in [6.07, 6.45) is 5.78. The third-order valence-corrected chi connectivity index (χ3v) is 13.5. The number of benzene rings is 2. The van der Waals surface area contributed by atoms with Gasteiger partial charge in [0.1, 0.15) is 11.1 Å². The second kappa shape index (κ2) is 18.0. The predicted octanol–water partition coefficient (Wildman–Crippen LogP) is 4.02. The van der Waals surface area contributed by atoms with Crippen LogP contribution in [0.15, 0.2) is 53.5 Å². The van der Waals surface area contributed by atoms with Gasteiger partial charge < -0.3 is 34.5 Å². The Kier molecular flexibility index (Phi) is 12.2. The number of ether oxygens (including phenoxy) is 2. The molecule has 3 N–H and O–H groups in total. The number of piperidine rings is 2. The van der Waals surface area contributed by atoms with Gasteiger partial charge in [-0.2, -0.15) is 4.98 Å². The van der Waals surface area contributed by atoms with Crippen LogP contribution in [0.3, 0.4) is 0 Å². The number of nitrogens with one attached hydrogen (secondary N) is 3. The van der Waals surface area contributed by atoms with Gasteiger partial charge in [0.25, 0.3) is 23.3 Å². The van der Waals surface area contributed by atoms with Crippen LogP contribution in [0.25, 0.3) is 10.9 Å². The van der Waals surface area contributed by atoms with Crippen molar-refractivity contribution in [2.24, 2.45) is 0 Å². The number of piperazine rings is 1. The van der Waals surface area contributed by atoms with Crippen LogP contribution < -0.4 is 36.0 Å². The van der Waals surface area contributed by atoms with E-state index in [1.165, 1.54) is 7.05 Å². The molecule has 342 valence electrons. The number of rotatable bonds is 12. The van der Waals surface area contributed by atoms with Crippen LogP contribution in [-0.4, -0.2) is 131 Å². The maximum absolute atomic E-state index is 13.4. The number of hydrogen-bond donors (Lipinski definition) is 3. The van der Waals surface area contributed by atoms with Crippen molar-refractivity contribution in [2.75, 3.05) is 61.5 Å². The summed E-state index contributed by atoms with van der Waals surface area (Å²) in [6, 6.07) is 12.1. The van der Waals surface area contributed by atoms with Crippen molar-refractivity contribution < 1.29 is 33.4 Å². The molecule has 9 rings (SSSR count). The Morgan fingerprint density at radius 1 is 0.923 bits per heavy atom. The first-order valence-electron chi connectivity index (χ1n) is 22.3. The van der Waals surface area contributed by atoms with Crippen LogP contribution in [0.2, 0.25) is 5.02 Å². The lowest BCUT2D eigenvalue weighted by molar-refractivity contribution is -0.136. The van der Waals surface area contributed by atoms with E-state index in [0.29, 0.717) is 34.1 Å². The van der Waals surface area contributed by atoms with Crippen molar-refractivity contribution in [1.29, 1.82) is 0 Å². The number of fused-ring (bicyclic) bond motifs is 2. The Labute approximate surface area is 380 Å². The first-order chi connectivity index (χ1) is 31.3. The van der Waals surface area contributed by atoms with Crippen LogP contribution >= 0.6 is 11.6 Å². The zero-order valence-electron chi connectivity index (χ0n) is 36.8. The average molecular weight is 909 g/mol. The summed E-state index contributed by atoms with van der Waals surface area (Å²) in [7, 11) is 1.51. The fourth-order valence-corrected chi connectivity index (χ4v) is 9.89. The quantitative estimate of drug-likeness (QED) is 0.172. The smallest absolute Gasteiger partial charge is 0.293 e. The van der Waals surface area contributed by atoms with Crippen molar-refractivity contribution in [3.05, 3.63) is 75.2 Å². The molecular weight excluding hydrogens is 856 g/mol. The van der Waals surface area contributed by atoms with Crippen molar-refractivity contribution in [2.45, 2.75) is 95.7 Å². The van der Waals surface area contributed by atoms with E-state index < -0.39 is 29.7 Å². The maximum atomic E-state index is 13.4. The van der Waals surface area contributed by atoms with Gasteiger partial charge in [-0.3, -0.25) is 43.9 Å². The monoisotopic (exact) mass is 908 g/mol. The summed E-state index contributed by atoms with van der Waals surface area (Å²) >= 11 is 6.60. The zero-order chi connectivity index (χ0) is 45.7. The third kappa shape index (κ3) is 8.73. The molecule has 1 aliphatic carbocycles. The van der Waals surface area contributed by atoms with Crippen LogP contribution in [-0.2, 0) is 19.1 Å². The molecule has 0 radical (unpaired) electrons. The molecule has 6 heterocycles. The first kappa shape index (κ1) is 44.1. The summed E-state index contributed by atoms with van der Waals surface area (Å²) in [6.45, 7) is 9.66. The van der Waals surface area contributed by atoms with Crippen LogP contribution in [0, 0.1) is 0 Å². The van der Waals surface area contributed by atoms with Crippen LogP contribution in [0.5, 0.6) is 5.75 Å². The molecule has 0 unspecified atom stereocenters. The standard InChI is InChI=1S/C46H53ClN10O8/c1-25(2)56-36-8-5-28(17-27(36)18-38(45(56)63)64-24-40(59)48-4)50-41-35(47)22-49-46(52-41)53-13-11-31(12-14-53)65-32-19-30(20-32)55-16-15-54(23-26(55)3)29-6-7-33-34(21-29)44(62)57(43(33)61)37-9-10-39(58)51-42(37)60/h5-8,17-18,21-22,25-26,30-32,37H,9-16,19-20,23-24H2,1-4H3,(H,48,59)(H,49,50,52)(H,51,58,60)/t26-,30?,32?,37-/m0/s1. The fourth-order valence-electron chi connectivity index (χ4n) is 9.75. The van der Waals surface area contributed by atoms with E-state index in [-0.39, 0.29) is 66.5 Å². The molecule has 0 bridgehead atoms. The van der Waals surface area contributed by atoms with E-state index in [1.54, 1.807) is 29.0 Å². The molecule has 2 aromatic carbocycles. The predicted molar refractivity (Wildman–Crippen MR) is 243 cm³/mol. The van der Waals surface area contributed by atoms with Gasteiger partial charge in [-0.25, -0.2) is 4.98 Å². The molecule has 5 aliphatic rings. The van der Waals surface area contributed by atoms with Crippen LogP contribution in [0.4, 0.5) is 23.1 Å².